The lowest BCUT2D eigenvalue weighted by atomic mass is 10.3. The maximum Gasteiger partial charge on any atom is 0.167 e. The SMILES string of the molecule is NC(CCl)=Nc1ccc(OCc2cccnc2)c(F)c1. The summed E-state index contributed by atoms with van der Waals surface area (Å²) in [5.41, 5.74) is 6.74. The summed E-state index contributed by atoms with van der Waals surface area (Å²) in [6.07, 6.45) is 3.33. The van der Waals surface area contributed by atoms with Gasteiger partial charge in [-0.2, -0.15) is 0 Å². The Morgan fingerprint density at radius 2 is 2.25 bits per heavy atom. The van der Waals surface area contributed by atoms with Gasteiger partial charge in [0.25, 0.3) is 0 Å². The summed E-state index contributed by atoms with van der Waals surface area (Å²) in [6, 6.07) is 8.01. The Kier molecular flexibility index (Phi) is 4.90. The smallest absolute Gasteiger partial charge is 0.167 e. The maximum absolute atomic E-state index is 13.8. The van der Waals surface area contributed by atoms with Crippen molar-refractivity contribution in [3.8, 4) is 5.75 Å². The number of aliphatic imine (C=N–C) groups is 1. The van der Waals surface area contributed by atoms with Gasteiger partial charge < -0.3 is 10.5 Å². The van der Waals surface area contributed by atoms with Gasteiger partial charge in [0.1, 0.15) is 12.4 Å². The fourth-order valence-electron chi connectivity index (χ4n) is 1.52. The van der Waals surface area contributed by atoms with Crippen LogP contribution in [0.2, 0.25) is 0 Å². The molecule has 2 aromatic rings. The van der Waals surface area contributed by atoms with Crippen LogP contribution < -0.4 is 10.5 Å². The molecule has 1 heterocycles. The van der Waals surface area contributed by atoms with Gasteiger partial charge in [0.2, 0.25) is 0 Å². The quantitative estimate of drug-likeness (QED) is 0.524. The maximum atomic E-state index is 13.8. The topological polar surface area (TPSA) is 60.5 Å². The summed E-state index contributed by atoms with van der Waals surface area (Å²) in [5.74, 6) is -0.0224. The largest absolute Gasteiger partial charge is 0.486 e. The number of rotatable bonds is 5. The number of aromatic nitrogens is 1. The highest BCUT2D eigenvalue weighted by Crippen LogP contribution is 2.23. The first-order chi connectivity index (χ1) is 9.69. The Hall–Kier alpha value is -2.14. The van der Waals surface area contributed by atoms with Crippen molar-refractivity contribution in [1.29, 1.82) is 0 Å². The van der Waals surface area contributed by atoms with E-state index in [2.05, 4.69) is 9.98 Å². The molecule has 0 bridgehead atoms. The highest BCUT2D eigenvalue weighted by Gasteiger charge is 2.05. The molecule has 0 aliphatic rings. The number of pyridine rings is 1. The Bertz CT molecular complexity index is 605. The normalized spacial score (nSPS) is 11.4. The van der Waals surface area contributed by atoms with E-state index in [0.29, 0.717) is 5.69 Å². The second-order valence-electron chi connectivity index (χ2n) is 4.00. The molecule has 0 unspecified atom stereocenters. The van der Waals surface area contributed by atoms with E-state index in [1.54, 1.807) is 24.5 Å². The zero-order valence-corrected chi connectivity index (χ0v) is 11.3. The lowest BCUT2D eigenvalue weighted by Gasteiger charge is -2.07. The minimum atomic E-state index is -0.502. The third-order valence-electron chi connectivity index (χ3n) is 2.44. The van der Waals surface area contributed by atoms with Gasteiger partial charge >= 0.3 is 0 Å². The van der Waals surface area contributed by atoms with Crippen LogP contribution in [0, 0.1) is 5.82 Å². The Labute approximate surface area is 121 Å². The molecule has 0 fully saturated rings. The van der Waals surface area contributed by atoms with E-state index in [1.807, 2.05) is 6.07 Å². The first-order valence-electron chi connectivity index (χ1n) is 5.89. The number of nitrogens with two attached hydrogens (primary N) is 1. The van der Waals surface area contributed by atoms with Crippen molar-refractivity contribution < 1.29 is 9.13 Å². The Balaban J connectivity index is 2.06. The van der Waals surface area contributed by atoms with Crippen LogP contribution >= 0.6 is 11.6 Å². The molecule has 0 atom stereocenters. The van der Waals surface area contributed by atoms with Gasteiger partial charge in [0.05, 0.1) is 11.6 Å². The minimum absolute atomic E-state index is 0.0981. The first kappa shape index (κ1) is 14.3. The lowest BCUT2D eigenvalue weighted by molar-refractivity contribution is 0.290. The molecule has 2 rings (SSSR count). The molecule has 6 heteroatoms. The van der Waals surface area contributed by atoms with Crippen LogP contribution in [-0.2, 0) is 6.61 Å². The fourth-order valence-corrected chi connectivity index (χ4v) is 1.58. The van der Waals surface area contributed by atoms with Gasteiger partial charge in [-0.1, -0.05) is 6.07 Å². The molecule has 0 aliphatic carbocycles. The Morgan fingerprint density at radius 3 is 2.90 bits per heavy atom. The molecule has 20 heavy (non-hydrogen) atoms. The zero-order valence-electron chi connectivity index (χ0n) is 10.6. The van der Waals surface area contributed by atoms with E-state index in [4.69, 9.17) is 22.1 Å². The van der Waals surface area contributed by atoms with Crippen molar-refractivity contribution in [2.24, 2.45) is 10.7 Å². The van der Waals surface area contributed by atoms with E-state index in [-0.39, 0.29) is 24.1 Å². The number of amidine groups is 1. The molecule has 1 aromatic heterocycles. The summed E-state index contributed by atoms with van der Waals surface area (Å²) in [4.78, 5) is 7.91. The van der Waals surface area contributed by atoms with E-state index < -0.39 is 5.82 Å². The zero-order chi connectivity index (χ0) is 14.4. The molecular formula is C14H13ClFN3O. The van der Waals surface area contributed by atoms with Gasteiger partial charge in [-0.15, -0.1) is 11.6 Å². The summed E-state index contributed by atoms with van der Waals surface area (Å²) in [5, 5.41) is 0. The average molecular weight is 294 g/mol. The number of hydrogen-bond acceptors (Lipinski definition) is 3. The minimum Gasteiger partial charge on any atom is -0.486 e. The lowest BCUT2D eigenvalue weighted by Crippen LogP contribution is -2.12. The average Bonchev–Trinajstić information content (AvgIpc) is 2.47. The standard InChI is InChI=1S/C14H13ClFN3O/c15-7-14(17)19-11-3-4-13(12(16)6-11)20-9-10-2-1-5-18-8-10/h1-6,8H,7,9H2,(H2,17,19). The van der Waals surface area contributed by atoms with Crippen LogP contribution in [0.5, 0.6) is 5.75 Å². The summed E-state index contributed by atoms with van der Waals surface area (Å²) in [6.45, 7) is 0.247. The molecule has 0 saturated heterocycles. The third-order valence-corrected chi connectivity index (χ3v) is 2.72. The van der Waals surface area contributed by atoms with Crippen LogP contribution in [-0.4, -0.2) is 16.7 Å². The predicted molar refractivity (Wildman–Crippen MR) is 77.0 cm³/mol. The number of halogens is 2. The van der Waals surface area contributed by atoms with Crippen molar-refractivity contribution in [3.05, 3.63) is 54.1 Å². The molecule has 4 nitrogen and oxygen atoms in total. The molecule has 0 aliphatic heterocycles. The summed E-state index contributed by atoms with van der Waals surface area (Å²) >= 11 is 5.51. The van der Waals surface area contributed by atoms with E-state index in [9.17, 15) is 4.39 Å². The highest BCUT2D eigenvalue weighted by molar-refractivity contribution is 6.28. The molecule has 2 N–H and O–H groups in total. The number of hydrogen-bond donors (Lipinski definition) is 1. The molecule has 1 aromatic carbocycles. The number of ether oxygens (including phenoxy) is 1. The van der Waals surface area contributed by atoms with E-state index in [0.717, 1.165) is 5.56 Å². The van der Waals surface area contributed by atoms with Crippen molar-refractivity contribution >= 4 is 23.1 Å². The fraction of sp³-hybridized carbons (Fsp3) is 0.143. The molecule has 0 radical (unpaired) electrons. The Morgan fingerprint density at radius 1 is 1.40 bits per heavy atom. The van der Waals surface area contributed by atoms with Crippen LogP contribution in [0.3, 0.4) is 0 Å². The van der Waals surface area contributed by atoms with Crippen molar-refractivity contribution in [1.82, 2.24) is 4.98 Å². The number of alkyl halides is 1. The van der Waals surface area contributed by atoms with Crippen LogP contribution in [0.4, 0.5) is 10.1 Å². The molecule has 0 spiro atoms. The van der Waals surface area contributed by atoms with E-state index in [1.165, 1.54) is 12.1 Å². The number of benzene rings is 1. The molecular weight excluding hydrogens is 281 g/mol. The molecule has 0 amide bonds. The number of nitrogens with zero attached hydrogens (tertiary/aromatic N) is 2. The van der Waals surface area contributed by atoms with Crippen LogP contribution in [0.25, 0.3) is 0 Å². The second-order valence-corrected chi connectivity index (χ2v) is 4.27. The summed E-state index contributed by atoms with van der Waals surface area (Å²) < 4.78 is 19.2. The summed E-state index contributed by atoms with van der Waals surface area (Å²) in [7, 11) is 0. The second kappa shape index (κ2) is 6.86. The van der Waals surface area contributed by atoms with Gasteiger partial charge in [-0.25, -0.2) is 9.38 Å². The van der Waals surface area contributed by atoms with Gasteiger partial charge in [0.15, 0.2) is 11.6 Å². The van der Waals surface area contributed by atoms with Gasteiger partial charge in [-0.05, 0) is 18.2 Å². The van der Waals surface area contributed by atoms with E-state index >= 15 is 0 Å². The van der Waals surface area contributed by atoms with Gasteiger partial charge in [0, 0.05) is 24.0 Å². The predicted octanol–water partition coefficient (Wildman–Crippen LogP) is 3.03. The van der Waals surface area contributed by atoms with Crippen molar-refractivity contribution in [2.45, 2.75) is 6.61 Å². The van der Waals surface area contributed by atoms with Crippen LogP contribution in [0.15, 0.2) is 47.7 Å². The van der Waals surface area contributed by atoms with Gasteiger partial charge in [-0.3, -0.25) is 4.98 Å². The monoisotopic (exact) mass is 293 g/mol. The van der Waals surface area contributed by atoms with Crippen molar-refractivity contribution in [2.75, 3.05) is 5.88 Å². The highest BCUT2D eigenvalue weighted by atomic mass is 35.5. The molecule has 0 saturated carbocycles. The first-order valence-corrected chi connectivity index (χ1v) is 6.43. The van der Waals surface area contributed by atoms with Crippen LogP contribution in [0.1, 0.15) is 5.56 Å². The third kappa shape index (κ3) is 3.93. The molecule has 104 valence electrons. The van der Waals surface area contributed by atoms with Crippen molar-refractivity contribution in [3.63, 3.8) is 0 Å².